The molecular weight excluding hydrogens is 358 g/mol. The van der Waals surface area contributed by atoms with Crippen molar-refractivity contribution in [3.63, 3.8) is 0 Å². The first-order valence-electron chi connectivity index (χ1n) is 10.5. The molecule has 5 nitrogen and oxygen atoms in total. The number of allylic oxidation sites excluding steroid dienone is 2. The maximum absolute atomic E-state index is 6.64. The number of fused-ring (bicyclic) bond motifs is 1. The van der Waals surface area contributed by atoms with Crippen LogP contribution in [0.15, 0.2) is 58.9 Å². The van der Waals surface area contributed by atoms with Gasteiger partial charge in [0.05, 0.1) is 5.71 Å². The fourth-order valence-corrected chi connectivity index (χ4v) is 4.33. The molecule has 1 fully saturated rings. The molecule has 5 heteroatoms. The van der Waals surface area contributed by atoms with Gasteiger partial charge in [-0.3, -0.25) is 4.99 Å². The van der Waals surface area contributed by atoms with Crippen molar-refractivity contribution in [1.29, 1.82) is 0 Å². The summed E-state index contributed by atoms with van der Waals surface area (Å²) < 4.78 is 2.13. The zero-order valence-corrected chi connectivity index (χ0v) is 17.1. The van der Waals surface area contributed by atoms with Crippen molar-refractivity contribution in [3.8, 4) is 0 Å². The maximum Gasteiger partial charge on any atom is 0.159 e. The minimum Gasteiger partial charge on any atom is -0.401 e. The summed E-state index contributed by atoms with van der Waals surface area (Å²) in [6.07, 6.45) is 6.54. The Balaban J connectivity index is 1.51. The van der Waals surface area contributed by atoms with E-state index in [0.717, 1.165) is 64.8 Å². The van der Waals surface area contributed by atoms with Gasteiger partial charge < -0.3 is 10.3 Å². The lowest BCUT2D eigenvalue weighted by Gasteiger charge is -2.17. The summed E-state index contributed by atoms with van der Waals surface area (Å²) in [6, 6.07) is 12.6. The van der Waals surface area contributed by atoms with Gasteiger partial charge in [-0.15, -0.1) is 0 Å². The molecule has 1 atom stereocenters. The topological polar surface area (TPSA) is 69.1 Å². The number of aliphatic imine (C=N–C) groups is 1. The number of pyridine rings is 1. The molecule has 148 valence electrons. The summed E-state index contributed by atoms with van der Waals surface area (Å²) in [5.74, 6) is 2.14. The van der Waals surface area contributed by atoms with E-state index in [1.54, 1.807) is 0 Å². The lowest BCUT2D eigenvalue weighted by atomic mass is 9.90. The smallest absolute Gasteiger partial charge is 0.159 e. The highest BCUT2D eigenvalue weighted by atomic mass is 15.1. The summed E-state index contributed by atoms with van der Waals surface area (Å²) in [4.78, 5) is 14.5. The molecule has 0 amide bonds. The normalized spacial score (nSPS) is 20.1. The van der Waals surface area contributed by atoms with Gasteiger partial charge in [0.15, 0.2) is 5.65 Å². The van der Waals surface area contributed by atoms with Crippen LogP contribution < -0.4 is 5.73 Å². The van der Waals surface area contributed by atoms with Crippen molar-refractivity contribution >= 4 is 16.9 Å². The third-order valence-corrected chi connectivity index (χ3v) is 6.30. The maximum atomic E-state index is 6.64. The minimum atomic E-state index is 0.203. The van der Waals surface area contributed by atoms with E-state index in [2.05, 4.69) is 48.9 Å². The number of hydrogen-bond acceptors (Lipinski definition) is 4. The number of imidazole rings is 1. The van der Waals surface area contributed by atoms with E-state index in [0.29, 0.717) is 0 Å². The van der Waals surface area contributed by atoms with Gasteiger partial charge in [-0.1, -0.05) is 30.3 Å². The molecule has 2 aromatic heterocycles. The van der Waals surface area contributed by atoms with Crippen molar-refractivity contribution < 1.29 is 0 Å². The highest BCUT2D eigenvalue weighted by Crippen LogP contribution is 2.33. The molecular formula is C24H27N5. The second-order valence-corrected chi connectivity index (χ2v) is 8.36. The Morgan fingerprint density at radius 1 is 1.14 bits per heavy atom. The molecule has 1 aliphatic carbocycles. The SMILES string of the molecule is CC1=C(N)C(c2ccccc2)CCN=C1c1cnc2c(c1)nc(CC1CC1)n2C. The number of hydrogen-bond donors (Lipinski definition) is 1. The van der Waals surface area contributed by atoms with E-state index in [-0.39, 0.29) is 5.92 Å². The van der Waals surface area contributed by atoms with Gasteiger partial charge in [0.25, 0.3) is 0 Å². The average Bonchev–Trinajstić information content (AvgIpc) is 3.52. The zero-order valence-electron chi connectivity index (χ0n) is 17.1. The monoisotopic (exact) mass is 385 g/mol. The molecule has 0 radical (unpaired) electrons. The van der Waals surface area contributed by atoms with E-state index < -0.39 is 0 Å². The molecule has 0 spiro atoms. The summed E-state index contributed by atoms with van der Waals surface area (Å²) in [5.41, 5.74) is 13.7. The first-order chi connectivity index (χ1) is 14.1. The Labute approximate surface area is 171 Å². The molecule has 5 rings (SSSR count). The summed E-state index contributed by atoms with van der Waals surface area (Å²) in [7, 11) is 2.07. The van der Waals surface area contributed by atoms with Crippen LogP contribution in [0, 0.1) is 5.92 Å². The second-order valence-electron chi connectivity index (χ2n) is 8.36. The Hall–Kier alpha value is -2.95. The number of aryl methyl sites for hydroxylation is 1. The predicted molar refractivity (Wildman–Crippen MR) is 117 cm³/mol. The Kier molecular flexibility index (Phi) is 4.46. The fraction of sp³-hybridized carbons (Fsp3) is 0.375. The summed E-state index contributed by atoms with van der Waals surface area (Å²) in [5, 5.41) is 0. The largest absolute Gasteiger partial charge is 0.401 e. The van der Waals surface area contributed by atoms with Gasteiger partial charge in [0, 0.05) is 43.4 Å². The van der Waals surface area contributed by atoms with Gasteiger partial charge in [-0.25, -0.2) is 9.97 Å². The van der Waals surface area contributed by atoms with Crippen LogP contribution in [0.5, 0.6) is 0 Å². The Morgan fingerprint density at radius 2 is 1.93 bits per heavy atom. The van der Waals surface area contributed by atoms with E-state index in [1.807, 2.05) is 12.3 Å². The number of nitrogens with zero attached hydrogens (tertiary/aromatic N) is 4. The van der Waals surface area contributed by atoms with Crippen LogP contribution in [0.4, 0.5) is 0 Å². The van der Waals surface area contributed by atoms with Gasteiger partial charge >= 0.3 is 0 Å². The Bertz CT molecular complexity index is 1120. The van der Waals surface area contributed by atoms with Crippen molar-refractivity contribution in [2.45, 2.75) is 38.5 Å². The van der Waals surface area contributed by atoms with E-state index >= 15 is 0 Å². The number of benzene rings is 1. The standard InChI is InChI=1S/C24H27N5/c1-15-22(25)19(17-6-4-3-5-7-17)10-11-26-23(15)18-13-20-24(27-14-18)29(2)21(28-20)12-16-8-9-16/h3-7,13-14,16,19H,8-12,25H2,1-2H3. The molecule has 3 aromatic rings. The van der Waals surface area contributed by atoms with Gasteiger partial charge in [-0.2, -0.15) is 0 Å². The third-order valence-electron chi connectivity index (χ3n) is 6.30. The fourth-order valence-electron chi connectivity index (χ4n) is 4.33. The molecule has 1 aliphatic heterocycles. The highest BCUT2D eigenvalue weighted by Gasteiger charge is 2.25. The number of rotatable bonds is 4. The van der Waals surface area contributed by atoms with Crippen LogP contribution >= 0.6 is 0 Å². The highest BCUT2D eigenvalue weighted by molar-refractivity contribution is 6.13. The predicted octanol–water partition coefficient (Wildman–Crippen LogP) is 4.13. The Morgan fingerprint density at radius 3 is 2.69 bits per heavy atom. The first-order valence-corrected chi connectivity index (χ1v) is 10.5. The van der Waals surface area contributed by atoms with Gasteiger partial charge in [0.2, 0.25) is 0 Å². The molecule has 0 bridgehead atoms. The van der Waals surface area contributed by atoms with E-state index in [4.69, 9.17) is 20.7 Å². The van der Waals surface area contributed by atoms with Crippen molar-refractivity contribution in [2.24, 2.45) is 23.7 Å². The molecule has 0 saturated heterocycles. The van der Waals surface area contributed by atoms with Crippen LogP contribution in [0.1, 0.15) is 49.1 Å². The van der Waals surface area contributed by atoms with Crippen LogP contribution in [0.25, 0.3) is 11.2 Å². The molecule has 3 heterocycles. The van der Waals surface area contributed by atoms with Crippen LogP contribution in [-0.4, -0.2) is 26.8 Å². The van der Waals surface area contributed by atoms with Crippen molar-refractivity contribution in [3.05, 3.63) is 70.8 Å². The van der Waals surface area contributed by atoms with E-state index in [9.17, 15) is 0 Å². The summed E-state index contributed by atoms with van der Waals surface area (Å²) in [6.45, 7) is 2.83. The quantitative estimate of drug-likeness (QED) is 0.734. The number of nitrogens with two attached hydrogens (primary N) is 1. The summed E-state index contributed by atoms with van der Waals surface area (Å²) >= 11 is 0. The zero-order chi connectivity index (χ0) is 20.0. The molecule has 1 unspecified atom stereocenters. The van der Waals surface area contributed by atoms with E-state index in [1.165, 1.54) is 18.4 Å². The third kappa shape index (κ3) is 3.35. The molecule has 1 aromatic carbocycles. The number of aromatic nitrogens is 3. The lowest BCUT2D eigenvalue weighted by molar-refractivity contribution is 0.711. The van der Waals surface area contributed by atoms with Crippen molar-refractivity contribution in [2.75, 3.05) is 6.54 Å². The van der Waals surface area contributed by atoms with Gasteiger partial charge in [0.1, 0.15) is 11.3 Å². The molecule has 1 saturated carbocycles. The van der Waals surface area contributed by atoms with Crippen LogP contribution in [0.2, 0.25) is 0 Å². The van der Waals surface area contributed by atoms with Crippen molar-refractivity contribution in [1.82, 2.24) is 14.5 Å². The van der Waals surface area contributed by atoms with Crippen LogP contribution in [0.3, 0.4) is 0 Å². The van der Waals surface area contributed by atoms with Crippen LogP contribution in [-0.2, 0) is 13.5 Å². The molecule has 2 N–H and O–H groups in total. The average molecular weight is 386 g/mol. The second kappa shape index (κ2) is 7.14. The van der Waals surface area contributed by atoms with Gasteiger partial charge in [-0.05, 0) is 49.3 Å². The molecule has 29 heavy (non-hydrogen) atoms. The minimum absolute atomic E-state index is 0.203. The molecule has 2 aliphatic rings. The lowest BCUT2D eigenvalue weighted by Crippen LogP contribution is -2.15. The first kappa shape index (κ1) is 18.1.